The van der Waals surface area contributed by atoms with Gasteiger partial charge in [-0.05, 0) is 51.1 Å². The number of nitrogens with one attached hydrogen (secondary N) is 1. The van der Waals surface area contributed by atoms with Gasteiger partial charge in [0, 0.05) is 5.02 Å². The van der Waals surface area contributed by atoms with E-state index in [0.29, 0.717) is 22.0 Å². The number of hydrogen-bond donors (Lipinski definition) is 1. The van der Waals surface area contributed by atoms with E-state index in [9.17, 15) is 14.4 Å². The fraction of sp³-hybridized carbons (Fsp3) is 0.250. The molecule has 1 N–H and O–H groups in total. The summed E-state index contributed by atoms with van der Waals surface area (Å²) in [7, 11) is 0. The molecule has 1 aliphatic rings. The van der Waals surface area contributed by atoms with Crippen LogP contribution in [0.1, 0.15) is 31.1 Å². The normalized spacial score (nSPS) is 15.0. The lowest BCUT2D eigenvalue weighted by Crippen LogP contribution is -2.59. The molecule has 2 amide bonds. The quantitative estimate of drug-likeness (QED) is 0.813. The van der Waals surface area contributed by atoms with Crippen molar-refractivity contribution in [1.82, 2.24) is 0 Å². The molecule has 2 aromatic carbocycles. The van der Waals surface area contributed by atoms with Gasteiger partial charge >= 0.3 is 0 Å². The van der Waals surface area contributed by atoms with E-state index in [-0.39, 0.29) is 24.0 Å². The van der Waals surface area contributed by atoms with Gasteiger partial charge in [0.25, 0.3) is 5.91 Å². The molecule has 0 atom stereocenters. The molecule has 0 aliphatic carbocycles. The van der Waals surface area contributed by atoms with E-state index in [1.54, 1.807) is 50.2 Å². The van der Waals surface area contributed by atoms with E-state index >= 15 is 0 Å². The first-order valence-corrected chi connectivity index (χ1v) is 8.76. The van der Waals surface area contributed by atoms with Crippen LogP contribution in [0.15, 0.2) is 42.5 Å². The van der Waals surface area contributed by atoms with Crippen LogP contribution in [0, 0.1) is 0 Å². The molecule has 3 rings (SSSR count). The predicted octanol–water partition coefficient (Wildman–Crippen LogP) is 3.69. The van der Waals surface area contributed by atoms with E-state index in [2.05, 4.69) is 5.32 Å². The van der Waals surface area contributed by atoms with Gasteiger partial charge in [-0.3, -0.25) is 19.3 Å². The molecule has 6 nitrogen and oxygen atoms in total. The Bertz CT molecular complexity index is 939. The monoisotopic (exact) mass is 386 g/mol. The van der Waals surface area contributed by atoms with Crippen LogP contribution in [0.25, 0.3) is 0 Å². The summed E-state index contributed by atoms with van der Waals surface area (Å²) in [4.78, 5) is 38.6. The van der Waals surface area contributed by atoms with Gasteiger partial charge in [-0.15, -0.1) is 0 Å². The first kappa shape index (κ1) is 18.9. The minimum atomic E-state index is -1.09. The molecule has 0 fully saturated rings. The summed E-state index contributed by atoms with van der Waals surface area (Å²) in [6.45, 7) is 4.40. The Hall–Kier alpha value is -2.86. The Kier molecular flexibility index (Phi) is 4.93. The van der Waals surface area contributed by atoms with Gasteiger partial charge in [0.2, 0.25) is 5.91 Å². The molecular weight excluding hydrogens is 368 g/mol. The molecular formula is C20H19ClN2O4. The second-order valence-electron chi connectivity index (χ2n) is 6.74. The molecule has 0 saturated carbocycles. The number of rotatable bonds is 4. The molecule has 0 bridgehead atoms. The lowest BCUT2D eigenvalue weighted by molar-refractivity contribution is -0.127. The molecule has 2 aromatic rings. The number of ketones is 1. The van der Waals surface area contributed by atoms with Crippen molar-refractivity contribution in [2.24, 2.45) is 0 Å². The van der Waals surface area contributed by atoms with Gasteiger partial charge in [-0.25, -0.2) is 0 Å². The molecule has 27 heavy (non-hydrogen) atoms. The summed E-state index contributed by atoms with van der Waals surface area (Å²) < 4.78 is 5.61. The number of amides is 2. The maximum absolute atomic E-state index is 13.0. The number of halogens is 1. The van der Waals surface area contributed by atoms with E-state index in [1.165, 1.54) is 17.9 Å². The zero-order chi connectivity index (χ0) is 19.8. The standard InChI is InChI=1S/C20H19ClN2O4/c1-12(24)14-10-13(21)8-9-17(14)27-11-18(25)23-16-7-5-4-6-15(16)22-19(26)20(23,2)3/h4-10H,11H2,1-3H3,(H,22,26). The Morgan fingerprint density at radius 3 is 2.59 bits per heavy atom. The molecule has 140 valence electrons. The number of carbonyl (C=O) groups is 3. The van der Waals surface area contributed by atoms with E-state index in [4.69, 9.17) is 16.3 Å². The van der Waals surface area contributed by atoms with Crippen molar-refractivity contribution >= 4 is 40.6 Å². The van der Waals surface area contributed by atoms with E-state index in [0.717, 1.165) is 0 Å². The number of Topliss-reactive ketones (excluding diaryl/α,β-unsaturated/α-hetero) is 1. The van der Waals surface area contributed by atoms with Crippen LogP contribution in [0.3, 0.4) is 0 Å². The SMILES string of the molecule is CC(=O)c1cc(Cl)ccc1OCC(=O)N1c2ccccc2NC(=O)C1(C)C. The van der Waals surface area contributed by atoms with Gasteiger partial charge < -0.3 is 10.1 Å². The molecule has 0 spiro atoms. The van der Waals surface area contributed by atoms with Crippen LogP contribution >= 0.6 is 11.6 Å². The summed E-state index contributed by atoms with van der Waals surface area (Å²) >= 11 is 5.93. The minimum Gasteiger partial charge on any atom is -0.483 e. The van der Waals surface area contributed by atoms with Crippen molar-refractivity contribution in [3.63, 3.8) is 0 Å². The van der Waals surface area contributed by atoms with Crippen LogP contribution in [-0.4, -0.2) is 29.7 Å². The first-order chi connectivity index (χ1) is 12.7. The molecule has 7 heteroatoms. The molecule has 0 unspecified atom stereocenters. The maximum Gasteiger partial charge on any atom is 0.265 e. The molecule has 1 heterocycles. The number of fused-ring (bicyclic) bond motifs is 1. The van der Waals surface area contributed by atoms with E-state index in [1.807, 2.05) is 0 Å². The van der Waals surface area contributed by atoms with Gasteiger partial charge in [-0.2, -0.15) is 0 Å². The lowest BCUT2D eigenvalue weighted by Gasteiger charge is -2.41. The average molecular weight is 387 g/mol. The second-order valence-corrected chi connectivity index (χ2v) is 7.18. The third kappa shape index (κ3) is 3.53. The van der Waals surface area contributed by atoms with E-state index < -0.39 is 11.4 Å². The van der Waals surface area contributed by atoms with Crippen molar-refractivity contribution < 1.29 is 19.1 Å². The number of para-hydroxylation sites is 2. The van der Waals surface area contributed by atoms with Gasteiger partial charge in [0.15, 0.2) is 12.4 Å². The Morgan fingerprint density at radius 1 is 1.19 bits per heavy atom. The first-order valence-electron chi connectivity index (χ1n) is 8.38. The van der Waals surface area contributed by atoms with Gasteiger partial charge in [-0.1, -0.05) is 23.7 Å². The van der Waals surface area contributed by atoms with Crippen molar-refractivity contribution in [2.45, 2.75) is 26.3 Å². The van der Waals surface area contributed by atoms with Crippen molar-refractivity contribution in [3.05, 3.63) is 53.1 Å². The minimum absolute atomic E-state index is 0.219. The van der Waals surface area contributed by atoms with Crippen LogP contribution in [0.5, 0.6) is 5.75 Å². The fourth-order valence-electron chi connectivity index (χ4n) is 3.01. The highest BCUT2D eigenvalue weighted by Gasteiger charge is 2.43. The smallest absolute Gasteiger partial charge is 0.265 e. The number of carbonyl (C=O) groups excluding carboxylic acids is 3. The molecule has 0 saturated heterocycles. The number of hydrogen-bond acceptors (Lipinski definition) is 4. The summed E-state index contributed by atoms with van der Waals surface area (Å²) in [6, 6.07) is 11.7. The van der Waals surface area contributed by atoms with Gasteiger partial charge in [0.05, 0.1) is 16.9 Å². The number of ether oxygens (including phenoxy) is 1. The maximum atomic E-state index is 13.0. The Labute approximate surface area is 162 Å². The average Bonchev–Trinajstić information content (AvgIpc) is 2.61. The van der Waals surface area contributed by atoms with Crippen LogP contribution in [-0.2, 0) is 9.59 Å². The number of benzene rings is 2. The molecule has 0 radical (unpaired) electrons. The zero-order valence-electron chi connectivity index (χ0n) is 15.2. The number of nitrogens with zero attached hydrogens (tertiary/aromatic N) is 1. The Morgan fingerprint density at radius 2 is 1.89 bits per heavy atom. The summed E-state index contributed by atoms with van der Waals surface area (Å²) in [5, 5.41) is 3.21. The predicted molar refractivity (Wildman–Crippen MR) is 104 cm³/mol. The van der Waals surface area contributed by atoms with Crippen molar-refractivity contribution in [3.8, 4) is 5.75 Å². The lowest BCUT2D eigenvalue weighted by atomic mass is 9.96. The second kappa shape index (κ2) is 7.04. The van der Waals surface area contributed by atoms with Crippen molar-refractivity contribution in [2.75, 3.05) is 16.8 Å². The largest absolute Gasteiger partial charge is 0.483 e. The highest BCUT2D eigenvalue weighted by Crippen LogP contribution is 2.36. The topological polar surface area (TPSA) is 75.7 Å². The molecule has 1 aliphatic heterocycles. The third-order valence-electron chi connectivity index (χ3n) is 4.43. The number of anilines is 2. The molecule has 0 aromatic heterocycles. The highest BCUT2D eigenvalue weighted by molar-refractivity contribution is 6.31. The summed E-state index contributed by atoms with van der Waals surface area (Å²) in [5.74, 6) is -0.631. The van der Waals surface area contributed by atoms with Crippen LogP contribution < -0.4 is 15.0 Å². The van der Waals surface area contributed by atoms with Crippen molar-refractivity contribution in [1.29, 1.82) is 0 Å². The highest BCUT2D eigenvalue weighted by atomic mass is 35.5. The van der Waals surface area contributed by atoms with Crippen LogP contribution in [0.2, 0.25) is 5.02 Å². The van der Waals surface area contributed by atoms with Gasteiger partial charge in [0.1, 0.15) is 11.3 Å². The van der Waals surface area contributed by atoms with Crippen LogP contribution in [0.4, 0.5) is 11.4 Å². The third-order valence-corrected chi connectivity index (χ3v) is 4.66. The Balaban J connectivity index is 1.88. The summed E-state index contributed by atoms with van der Waals surface area (Å²) in [5.41, 5.74) is 0.370. The zero-order valence-corrected chi connectivity index (χ0v) is 16.0. The summed E-state index contributed by atoms with van der Waals surface area (Å²) in [6.07, 6.45) is 0. The fourth-order valence-corrected chi connectivity index (χ4v) is 3.18.